The van der Waals surface area contributed by atoms with Crippen molar-refractivity contribution in [1.82, 2.24) is 14.8 Å². The summed E-state index contributed by atoms with van der Waals surface area (Å²) in [5.41, 5.74) is -6.19. The molecule has 0 aliphatic carbocycles. The number of rotatable bonds is 4. The molecule has 0 N–H and O–H groups in total. The number of hydrogen-bond acceptors (Lipinski definition) is 5. The number of sulfone groups is 1. The first-order chi connectivity index (χ1) is 14.9. The Bertz CT molecular complexity index is 1110. The smallest absolute Gasteiger partial charge is 0.338 e. The Balaban J connectivity index is 1.76. The Kier molecular flexibility index (Phi) is 6.32. The van der Waals surface area contributed by atoms with Gasteiger partial charge in [0.15, 0.2) is 5.03 Å². The second-order valence-corrected chi connectivity index (χ2v) is 9.74. The quantitative estimate of drug-likeness (QED) is 0.687. The molecule has 0 radical (unpaired) electrons. The molecule has 7 nitrogen and oxygen atoms in total. The van der Waals surface area contributed by atoms with Crippen molar-refractivity contribution in [3.63, 3.8) is 0 Å². The molecule has 1 fully saturated rings. The van der Waals surface area contributed by atoms with E-state index in [1.54, 1.807) is 18.7 Å². The van der Waals surface area contributed by atoms with Crippen LogP contribution in [0.5, 0.6) is 0 Å². The van der Waals surface area contributed by atoms with Gasteiger partial charge in [0.05, 0.1) is 11.0 Å². The van der Waals surface area contributed by atoms with E-state index < -0.39 is 37.3 Å². The van der Waals surface area contributed by atoms with Gasteiger partial charge in [0.1, 0.15) is 0 Å². The van der Waals surface area contributed by atoms with Crippen LogP contribution in [0.1, 0.15) is 29.8 Å². The molecule has 0 atom stereocenters. The van der Waals surface area contributed by atoms with Crippen molar-refractivity contribution in [3.05, 3.63) is 59.8 Å². The molecule has 0 bridgehead atoms. The van der Waals surface area contributed by atoms with Gasteiger partial charge >= 0.3 is 5.51 Å². The highest BCUT2D eigenvalue weighted by molar-refractivity contribution is 7.92. The van der Waals surface area contributed by atoms with E-state index in [9.17, 15) is 31.2 Å². The zero-order valence-electron chi connectivity index (χ0n) is 17.5. The molecule has 1 aliphatic heterocycles. The fraction of sp³-hybridized carbons (Fsp3) is 0.381. The highest BCUT2D eigenvalue weighted by atomic mass is 32.2. The summed E-state index contributed by atoms with van der Waals surface area (Å²) in [4.78, 5) is 32.1. The summed E-state index contributed by atoms with van der Waals surface area (Å²) in [6, 6.07) is 11.4. The fourth-order valence-corrected chi connectivity index (χ4v) is 4.40. The van der Waals surface area contributed by atoms with Crippen molar-refractivity contribution in [3.8, 4) is 0 Å². The number of piperazine rings is 1. The van der Waals surface area contributed by atoms with E-state index in [2.05, 4.69) is 4.98 Å². The summed E-state index contributed by atoms with van der Waals surface area (Å²) in [6.45, 7) is 4.04. The van der Waals surface area contributed by atoms with Gasteiger partial charge in [-0.15, -0.1) is 0 Å². The summed E-state index contributed by atoms with van der Waals surface area (Å²) >= 11 is 0. The zero-order valence-corrected chi connectivity index (χ0v) is 18.3. The first-order valence-corrected chi connectivity index (χ1v) is 11.3. The average molecular weight is 469 g/mol. The van der Waals surface area contributed by atoms with Crippen LogP contribution in [0.25, 0.3) is 0 Å². The van der Waals surface area contributed by atoms with Gasteiger partial charge in [-0.1, -0.05) is 30.3 Å². The summed E-state index contributed by atoms with van der Waals surface area (Å²) in [7, 11) is -5.79. The maximum absolute atomic E-state index is 13.1. The lowest BCUT2D eigenvalue weighted by atomic mass is 9.83. The van der Waals surface area contributed by atoms with Crippen LogP contribution in [-0.4, -0.2) is 66.7 Å². The normalized spacial score (nSPS) is 15.5. The third kappa shape index (κ3) is 4.34. The van der Waals surface area contributed by atoms with Crippen LogP contribution in [0.2, 0.25) is 0 Å². The summed E-state index contributed by atoms with van der Waals surface area (Å²) in [6.07, 6.45) is 0.887. The van der Waals surface area contributed by atoms with Crippen molar-refractivity contribution in [2.24, 2.45) is 0 Å². The number of hydrogen-bond donors (Lipinski definition) is 0. The van der Waals surface area contributed by atoms with Gasteiger partial charge < -0.3 is 9.80 Å². The van der Waals surface area contributed by atoms with E-state index in [0.717, 1.165) is 17.8 Å². The lowest BCUT2D eigenvalue weighted by molar-refractivity contribution is -0.137. The molecule has 1 aromatic heterocycles. The molecule has 32 heavy (non-hydrogen) atoms. The SMILES string of the molecule is CC(C)(C(=O)N1CCN(C(=O)c2cccnc2S(=O)(=O)C(F)(F)F)CC1)c1ccccc1. The second kappa shape index (κ2) is 8.53. The van der Waals surface area contributed by atoms with Crippen LogP contribution in [0.3, 0.4) is 0 Å². The van der Waals surface area contributed by atoms with Crippen LogP contribution < -0.4 is 0 Å². The molecule has 2 amide bonds. The topological polar surface area (TPSA) is 87.7 Å². The lowest BCUT2D eigenvalue weighted by Gasteiger charge is -2.39. The number of benzene rings is 1. The molecule has 3 rings (SSSR count). The van der Waals surface area contributed by atoms with Gasteiger partial charge in [0.25, 0.3) is 15.7 Å². The Morgan fingerprint density at radius 1 is 0.906 bits per heavy atom. The average Bonchev–Trinajstić information content (AvgIpc) is 2.78. The number of halogens is 3. The molecule has 1 aliphatic rings. The highest BCUT2D eigenvalue weighted by Gasteiger charge is 2.50. The van der Waals surface area contributed by atoms with Gasteiger partial charge in [-0.2, -0.15) is 13.2 Å². The predicted molar refractivity (Wildman–Crippen MR) is 109 cm³/mol. The zero-order chi connectivity index (χ0) is 23.7. The number of carbonyl (C=O) groups is 2. The van der Waals surface area contributed by atoms with E-state index in [0.29, 0.717) is 0 Å². The maximum atomic E-state index is 13.1. The van der Waals surface area contributed by atoms with Crippen LogP contribution in [-0.2, 0) is 20.0 Å². The molecular weight excluding hydrogens is 447 g/mol. The summed E-state index contributed by atoms with van der Waals surface area (Å²) in [5.74, 6) is -1.02. The molecule has 11 heteroatoms. The van der Waals surface area contributed by atoms with Crippen molar-refractivity contribution in [1.29, 1.82) is 0 Å². The first kappa shape index (κ1) is 23.7. The highest BCUT2D eigenvalue weighted by Crippen LogP contribution is 2.31. The van der Waals surface area contributed by atoms with E-state index in [-0.39, 0.29) is 32.1 Å². The third-order valence-corrected chi connectivity index (χ3v) is 6.89. The molecule has 1 aromatic carbocycles. The van der Waals surface area contributed by atoms with Gasteiger partial charge in [0, 0.05) is 32.4 Å². The lowest BCUT2D eigenvalue weighted by Crippen LogP contribution is -2.54. The monoisotopic (exact) mass is 469 g/mol. The summed E-state index contributed by atoms with van der Waals surface area (Å²) in [5, 5.41) is -1.32. The predicted octanol–water partition coefficient (Wildman–Crippen LogP) is 2.64. The van der Waals surface area contributed by atoms with Crippen LogP contribution in [0, 0.1) is 0 Å². The van der Waals surface area contributed by atoms with Crippen molar-refractivity contribution >= 4 is 21.7 Å². The largest absolute Gasteiger partial charge is 0.503 e. The van der Waals surface area contributed by atoms with Crippen LogP contribution >= 0.6 is 0 Å². The Hall–Kier alpha value is -2.95. The fourth-order valence-electron chi connectivity index (χ4n) is 3.53. The first-order valence-electron chi connectivity index (χ1n) is 9.78. The standard InChI is InChI=1S/C21H22F3N3O4S/c1-20(2,15-7-4-3-5-8-15)19(29)27-13-11-26(12-14-27)18(28)16-9-6-10-25-17(16)32(30,31)21(22,23)24/h3-10H,11-14H2,1-2H3. The van der Waals surface area contributed by atoms with E-state index in [1.807, 2.05) is 30.3 Å². The second-order valence-electron chi connectivity index (χ2n) is 7.88. The molecule has 0 spiro atoms. The number of alkyl halides is 3. The number of nitrogens with zero attached hydrogens (tertiary/aromatic N) is 3. The van der Waals surface area contributed by atoms with Gasteiger partial charge in [0.2, 0.25) is 5.91 Å². The molecule has 2 aromatic rings. The molecule has 2 heterocycles. The molecule has 0 saturated carbocycles. The minimum atomic E-state index is -5.79. The summed E-state index contributed by atoms with van der Waals surface area (Å²) < 4.78 is 62.7. The number of aromatic nitrogens is 1. The molecular formula is C21H22F3N3O4S. The number of amides is 2. The van der Waals surface area contributed by atoms with Crippen molar-refractivity contribution in [2.45, 2.75) is 29.8 Å². The third-order valence-electron chi connectivity index (χ3n) is 5.45. The van der Waals surface area contributed by atoms with E-state index in [4.69, 9.17) is 0 Å². The van der Waals surface area contributed by atoms with Crippen LogP contribution in [0.4, 0.5) is 13.2 Å². The minimum absolute atomic E-state index is 0.0514. The molecule has 172 valence electrons. The Morgan fingerprint density at radius 3 is 2.03 bits per heavy atom. The maximum Gasteiger partial charge on any atom is 0.503 e. The van der Waals surface area contributed by atoms with Crippen molar-refractivity contribution in [2.75, 3.05) is 26.2 Å². The van der Waals surface area contributed by atoms with E-state index >= 15 is 0 Å². The Labute approximate surface area is 183 Å². The molecule has 1 saturated heterocycles. The van der Waals surface area contributed by atoms with Crippen molar-refractivity contribution < 1.29 is 31.2 Å². The molecule has 0 unspecified atom stereocenters. The van der Waals surface area contributed by atoms with Crippen LogP contribution in [0.15, 0.2) is 53.7 Å². The van der Waals surface area contributed by atoms with Gasteiger partial charge in [-0.05, 0) is 31.5 Å². The Morgan fingerprint density at radius 2 is 1.47 bits per heavy atom. The number of carbonyl (C=O) groups excluding carboxylic acids is 2. The number of pyridine rings is 1. The van der Waals surface area contributed by atoms with Gasteiger partial charge in [-0.25, -0.2) is 13.4 Å². The van der Waals surface area contributed by atoms with Gasteiger partial charge in [-0.3, -0.25) is 9.59 Å². The van der Waals surface area contributed by atoms with E-state index in [1.165, 1.54) is 11.0 Å². The minimum Gasteiger partial charge on any atom is -0.338 e.